The second-order valence-corrected chi connectivity index (χ2v) is 8.94. The van der Waals surface area contributed by atoms with Crippen molar-refractivity contribution in [3.05, 3.63) is 64.7 Å². The minimum Gasteiger partial charge on any atom is -0.478 e. The van der Waals surface area contributed by atoms with Crippen molar-refractivity contribution in [2.75, 3.05) is 18.2 Å². The second-order valence-electron chi connectivity index (χ2n) is 7.23. The Morgan fingerprint density at radius 3 is 2.45 bits per heavy atom. The van der Waals surface area contributed by atoms with E-state index in [4.69, 9.17) is 0 Å². The maximum atomic E-state index is 12.2. The summed E-state index contributed by atoms with van der Waals surface area (Å²) in [5, 5.41) is 9.76. The molecular weight excluding hydrogens is 396 g/mol. The number of carboxylic acid groups (broad SMARTS) is 1. The van der Waals surface area contributed by atoms with Crippen molar-refractivity contribution in [3.8, 4) is 0 Å². The van der Waals surface area contributed by atoms with Crippen molar-refractivity contribution in [3.63, 3.8) is 0 Å². The molecule has 0 fully saturated rings. The average Bonchev–Trinajstić information content (AvgIpc) is 2.65. The van der Waals surface area contributed by atoms with Crippen LogP contribution in [0.1, 0.15) is 44.8 Å². The Hall–Kier alpha value is -2.91. The molecule has 0 radical (unpaired) electrons. The topological polar surface area (TPSA) is 113 Å². The Labute approximate surface area is 169 Å². The number of sulfonamides is 1. The van der Waals surface area contributed by atoms with E-state index in [-0.39, 0.29) is 23.1 Å². The summed E-state index contributed by atoms with van der Waals surface area (Å²) in [4.78, 5) is 32.4. The largest absolute Gasteiger partial charge is 0.478 e. The molecule has 1 aliphatic rings. The van der Waals surface area contributed by atoms with Gasteiger partial charge in [0.2, 0.25) is 10.0 Å². The third-order valence-electron chi connectivity index (χ3n) is 4.93. The summed E-state index contributed by atoms with van der Waals surface area (Å²) >= 11 is 0. The highest BCUT2D eigenvalue weighted by Gasteiger charge is 2.34. The van der Waals surface area contributed by atoms with Gasteiger partial charge in [-0.2, -0.15) is 0 Å². The third kappa shape index (κ3) is 4.41. The van der Waals surface area contributed by atoms with Crippen molar-refractivity contribution in [1.82, 2.24) is 4.89 Å². The molecule has 2 N–H and O–H groups in total. The summed E-state index contributed by atoms with van der Waals surface area (Å²) in [5.41, 5.74) is 2.24. The SMILES string of the molecule is CC1Cc2cc(C(=O)ONS(C)(=O)=O)cc(C(=O)O)c2N(C)C1c1ccccc1. The van der Waals surface area contributed by atoms with Crippen LogP contribution in [0.4, 0.5) is 5.69 Å². The molecule has 154 valence electrons. The standard InChI is InChI=1S/C20H22N2O6S/c1-12-9-14-10-15(20(25)28-21-29(3,26)27)11-16(19(23)24)18(14)22(2)17(12)13-7-5-4-6-8-13/h4-8,10-12,17,21H,9H2,1-3H3,(H,23,24). The van der Waals surface area contributed by atoms with E-state index in [1.807, 2.05) is 42.3 Å². The van der Waals surface area contributed by atoms with Crippen LogP contribution in [0.25, 0.3) is 0 Å². The van der Waals surface area contributed by atoms with Gasteiger partial charge in [-0.05, 0) is 40.5 Å². The second kappa shape index (κ2) is 7.84. The fourth-order valence-corrected chi connectivity index (χ4v) is 4.13. The molecule has 1 aliphatic heterocycles. The molecule has 0 bridgehead atoms. The van der Waals surface area contributed by atoms with Gasteiger partial charge in [-0.15, -0.1) is 0 Å². The molecule has 8 nitrogen and oxygen atoms in total. The van der Waals surface area contributed by atoms with E-state index >= 15 is 0 Å². The molecule has 0 spiro atoms. The number of benzene rings is 2. The first-order valence-electron chi connectivity index (χ1n) is 8.94. The highest BCUT2D eigenvalue weighted by Crippen LogP contribution is 2.43. The smallest absolute Gasteiger partial charge is 0.357 e. The van der Waals surface area contributed by atoms with Crippen LogP contribution in [0.2, 0.25) is 0 Å². The number of fused-ring (bicyclic) bond motifs is 1. The highest BCUT2D eigenvalue weighted by molar-refractivity contribution is 7.88. The van der Waals surface area contributed by atoms with E-state index < -0.39 is 22.0 Å². The molecule has 3 rings (SSSR count). The first-order chi connectivity index (χ1) is 13.6. The normalized spacial score (nSPS) is 18.8. The molecule has 0 amide bonds. The lowest BCUT2D eigenvalue weighted by atomic mass is 9.82. The van der Waals surface area contributed by atoms with Gasteiger partial charge >= 0.3 is 11.9 Å². The van der Waals surface area contributed by atoms with Crippen molar-refractivity contribution in [2.24, 2.45) is 5.92 Å². The summed E-state index contributed by atoms with van der Waals surface area (Å²) < 4.78 is 22.3. The van der Waals surface area contributed by atoms with Crippen molar-refractivity contribution in [2.45, 2.75) is 19.4 Å². The number of nitrogens with zero attached hydrogens (tertiary/aromatic N) is 1. The Kier molecular flexibility index (Phi) is 5.63. The first-order valence-corrected chi connectivity index (χ1v) is 10.8. The third-order valence-corrected chi connectivity index (χ3v) is 5.32. The molecule has 2 aromatic carbocycles. The lowest BCUT2D eigenvalue weighted by Gasteiger charge is -2.41. The number of carbonyl (C=O) groups excluding carboxylic acids is 1. The van der Waals surface area contributed by atoms with Gasteiger partial charge in [-0.1, -0.05) is 37.3 Å². The van der Waals surface area contributed by atoms with Crippen LogP contribution < -0.4 is 9.79 Å². The van der Waals surface area contributed by atoms with Crippen LogP contribution in [-0.4, -0.2) is 38.8 Å². The van der Waals surface area contributed by atoms with Crippen LogP contribution in [0.5, 0.6) is 0 Å². The Balaban J connectivity index is 2.04. The van der Waals surface area contributed by atoms with Gasteiger partial charge in [0.15, 0.2) is 0 Å². The van der Waals surface area contributed by atoms with Gasteiger partial charge in [0.25, 0.3) is 0 Å². The number of carbonyl (C=O) groups is 2. The van der Waals surface area contributed by atoms with Gasteiger partial charge in [0.1, 0.15) is 0 Å². The molecule has 0 saturated heterocycles. The summed E-state index contributed by atoms with van der Waals surface area (Å²) in [6.45, 7) is 2.06. The van der Waals surface area contributed by atoms with Gasteiger partial charge in [-0.25, -0.2) is 18.0 Å². The summed E-state index contributed by atoms with van der Waals surface area (Å²) in [7, 11) is -1.91. The average molecular weight is 418 g/mol. The summed E-state index contributed by atoms with van der Waals surface area (Å²) in [5.74, 6) is -2.00. The predicted molar refractivity (Wildman–Crippen MR) is 107 cm³/mol. The Morgan fingerprint density at radius 1 is 1.21 bits per heavy atom. The van der Waals surface area contributed by atoms with Crippen molar-refractivity contribution >= 4 is 27.6 Å². The van der Waals surface area contributed by atoms with Crippen LogP contribution in [0, 0.1) is 5.92 Å². The molecule has 0 aliphatic carbocycles. The van der Waals surface area contributed by atoms with Crippen LogP contribution in [0.15, 0.2) is 42.5 Å². The van der Waals surface area contributed by atoms with Crippen LogP contribution >= 0.6 is 0 Å². The fraction of sp³-hybridized carbons (Fsp3) is 0.300. The van der Waals surface area contributed by atoms with E-state index in [0.29, 0.717) is 17.7 Å². The number of anilines is 1. The maximum Gasteiger partial charge on any atom is 0.357 e. The first kappa shape index (κ1) is 20.8. The van der Waals surface area contributed by atoms with Crippen LogP contribution in [-0.2, 0) is 21.3 Å². The number of carboxylic acids is 1. The van der Waals surface area contributed by atoms with Crippen LogP contribution in [0.3, 0.4) is 0 Å². The van der Waals surface area contributed by atoms with Gasteiger partial charge < -0.3 is 14.8 Å². The van der Waals surface area contributed by atoms with E-state index in [2.05, 4.69) is 11.8 Å². The molecule has 0 saturated carbocycles. The highest BCUT2D eigenvalue weighted by atomic mass is 32.2. The monoisotopic (exact) mass is 418 g/mol. The van der Waals surface area contributed by atoms with Gasteiger partial charge in [0, 0.05) is 7.05 Å². The summed E-state index contributed by atoms with van der Waals surface area (Å²) in [6.07, 6.45) is 1.40. The minimum absolute atomic E-state index is 0.0218. The van der Waals surface area contributed by atoms with Gasteiger partial charge in [-0.3, -0.25) is 0 Å². The number of rotatable bonds is 5. The van der Waals surface area contributed by atoms with Crippen molar-refractivity contribution in [1.29, 1.82) is 0 Å². The zero-order chi connectivity index (χ0) is 21.3. The molecular formula is C20H22N2O6S. The predicted octanol–water partition coefficient (Wildman–Crippen LogP) is 2.38. The Morgan fingerprint density at radius 2 is 1.86 bits per heavy atom. The number of nitrogens with one attached hydrogen (secondary N) is 1. The fourth-order valence-electron chi connectivity index (χ4n) is 3.90. The molecule has 2 unspecified atom stereocenters. The lowest BCUT2D eigenvalue weighted by molar-refractivity contribution is 0.0408. The van der Waals surface area contributed by atoms with Gasteiger partial charge in [0.05, 0.1) is 29.1 Å². The van der Waals surface area contributed by atoms with Crippen molar-refractivity contribution < 1.29 is 28.0 Å². The van der Waals surface area contributed by atoms with E-state index in [1.54, 1.807) is 11.0 Å². The Bertz CT molecular complexity index is 1050. The molecule has 2 atom stereocenters. The zero-order valence-electron chi connectivity index (χ0n) is 16.2. The minimum atomic E-state index is -3.74. The van der Waals surface area contributed by atoms with E-state index in [9.17, 15) is 23.1 Å². The molecule has 2 aromatic rings. The summed E-state index contributed by atoms with van der Waals surface area (Å²) in [6, 6.07) is 12.6. The molecule has 0 aromatic heterocycles. The maximum absolute atomic E-state index is 12.2. The zero-order valence-corrected chi connectivity index (χ0v) is 17.1. The van der Waals surface area contributed by atoms with E-state index in [1.165, 1.54) is 6.07 Å². The number of hydrogen-bond acceptors (Lipinski definition) is 6. The number of aromatic carboxylic acids is 1. The lowest BCUT2D eigenvalue weighted by Crippen LogP contribution is -2.36. The number of hydrogen-bond donors (Lipinski definition) is 2. The molecule has 1 heterocycles. The van der Waals surface area contributed by atoms with E-state index in [0.717, 1.165) is 11.8 Å². The molecule has 9 heteroatoms. The molecule has 29 heavy (non-hydrogen) atoms. The quantitative estimate of drug-likeness (QED) is 0.717.